The fourth-order valence-corrected chi connectivity index (χ4v) is 3.64. The van der Waals surface area contributed by atoms with E-state index in [-0.39, 0.29) is 0 Å². The van der Waals surface area contributed by atoms with Gasteiger partial charge in [-0.25, -0.2) is 0 Å². The molecule has 0 bridgehead atoms. The Bertz CT molecular complexity index is 782. The normalized spacial score (nSPS) is 13.6. The van der Waals surface area contributed by atoms with Crippen molar-refractivity contribution in [1.29, 1.82) is 0 Å². The monoisotopic (exact) mass is 252 g/mol. The first-order chi connectivity index (χ1) is 9.90. The number of hydrogen-bond acceptors (Lipinski definition) is 0. The van der Waals surface area contributed by atoms with Gasteiger partial charge in [-0.3, -0.25) is 0 Å². The molecule has 2 aliphatic rings. The predicted octanol–water partition coefficient (Wildman–Crippen LogP) is 4.43. The van der Waals surface area contributed by atoms with Crippen LogP contribution in [0.25, 0.3) is 22.3 Å². The van der Waals surface area contributed by atoms with E-state index >= 15 is 0 Å². The summed E-state index contributed by atoms with van der Waals surface area (Å²) in [5.41, 5.74) is 11.4. The maximum atomic E-state index is 3.20. The summed E-state index contributed by atoms with van der Waals surface area (Å²) in [6.07, 6.45) is 2.09. The highest BCUT2D eigenvalue weighted by Gasteiger charge is 2.24. The van der Waals surface area contributed by atoms with Gasteiger partial charge in [-0.1, -0.05) is 36.4 Å². The molecule has 5 rings (SSSR count). The van der Waals surface area contributed by atoms with E-state index in [9.17, 15) is 0 Å². The second-order valence-corrected chi connectivity index (χ2v) is 5.69. The lowest BCUT2D eigenvalue weighted by molar-refractivity contribution is 1.24. The summed E-state index contributed by atoms with van der Waals surface area (Å²) in [6, 6.07) is 23.9. The molecule has 0 nitrogen and oxygen atoms in total. The molecule has 2 aliphatic carbocycles. The van der Waals surface area contributed by atoms with Crippen LogP contribution in [0.2, 0.25) is 0 Å². The zero-order valence-corrected chi connectivity index (χ0v) is 11.0. The molecule has 0 aliphatic heterocycles. The molecule has 0 N–H and O–H groups in total. The van der Waals surface area contributed by atoms with Crippen molar-refractivity contribution in [2.75, 3.05) is 0 Å². The van der Waals surface area contributed by atoms with Gasteiger partial charge in [0.1, 0.15) is 0 Å². The highest BCUT2D eigenvalue weighted by Crippen LogP contribution is 2.44. The number of rotatable bonds is 0. The fourth-order valence-electron chi connectivity index (χ4n) is 3.64. The molecule has 92 valence electrons. The van der Waals surface area contributed by atoms with Crippen LogP contribution < -0.4 is 0 Å². The Balaban J connectivity index is 1.76. The van der Waals surface area contributed by atoms with Crippen molar-refractivity contribution in [3.05, 3.63) is 82.9 Å². The van der Waals surface area contributed by atoms with Gasteiger partial charge in [0.15, 0.2) is 0 Å². The minimum atomic E-state index is 1.05. The van der Waals surface area contributed by atoms with E-state index in [1.807, 2.05) is 12.1 Å². The maximum absolute atomic E-state index is 3.20. The van der Waals surface area contributed by atoms with E-state index in [0.717, 1.165) is 12.8 Å². The molecule has 0 unspecified atom stereocenters. The molecule has 0 saturated carbocycles. The lowest BCUT2D eigenvalue weighted by atomic mass is 9.98. The van der Waals surface area contributed by atoms with E-state index in [2.05, 4.69) is 48.5 Å². The maximum Gasteiger partial charge on any atom is -0.00130 e. The number of benzene rings is 3. The van der Waals surface area contributed by atoms with E-state index in [1.54, 1.807) is 0 Å². The minimum absolute atomic E-state index is 1.05. The van der Waals surface area contributed by atoms with Gasteiger partial charge in [0.05, 0.1) is 0 Å². The van der Waals surface area contributed by atoms with Crippen LogP contribution in [-0.2, 0) is 12.8 Å². The van der Waals surface area contributed by atoms with Gasteiger partial charge >= 0.3 is 0 Å². The van der Waals surface area contributed by atoms with Gasteiger partial charge in [0, 0.05) is 0 Å². The average molecular weight is 252 g/mol. The van der Waals surface area contributed by atoms with Crippen molar-refractivity contribution in [3.63, 3.8) is 0 Å². The molecule has 2 radical (unpaired) electrons. The number of fused-ring (bicyclic) bond motifs is 6. The van der Waals surface area contributed by atoms with Gasteiger partial charge in [-0.15, -0.1) is 0 Å². The Kier molecular flexibility index (Phi) is 1.88. The largest absolute Gasteiger partial charge is 0.0537 e. The van der Waals surface area contributed by atoms with Gasteiger partial charge in [-0.2, -0.15) is 0 Å². The smallest absolute Gasteiger partial charge is 0.00130 e. The molecule has 20 heavy (non-hydrogen) atoms. The number of hydrogen-bond donors (Lipinski definition) is 0. The topological polar surface area (TPSA) is 0 Å². The van der Waals surface area contributed by atoms with Crippen molar-refractivity contribution >= 4 is 0 Å². The van der Waals surface area contributed by atoms with Crippen LogP contribution in [0.15, 0.2) is 48.5 Å². The lowest BCUT2D eigenvalue weighted by Gasteiger charge is -2.06. The van der Waals surface area contributed by atoms with E-state index in [0.29, 0.717) is 0 Å². The van der Waals surface area contributed by atoms with Gasteiger partial charge in [0.2, 0.25) is 0 Å². The van der Waals surface area contributed by atoms with Crippen molar-refractivity contribution in [2.45, 2.75) is 12.8 Å². The van der Waals surface area contributed by atoms with Crippen LogP contribution in [0.1, 0.15) is 22.3 Å². The first-order valence-corrected chi connectivity index (χ1v) is 7.04. The van der Waals surface area contributed by atoms with E-state index in [1.165, 1.54) is 44.5 Å². The van der Waals surface area contributed by atoms with Gasteiger partial charge in [-0.05, 0) is 81.6 Å². The summed E-state index contributed by atoms with van der Waals surface area (Å²) in [5.74, 6) is 0. The van der Waals surface area contributed by atoms with E-state index in [4.69, 9.17) is 0 Å². The van der Waals surface area contributed by atoms with Crippen LogP contribution in [0.5, 0.6) is 0 Å². The Morgan fingerprint density at radius 3 is 1.60 bits per heavy atom. The summed E-state index contributed by atoms with van der Waals surface area (Å²) in [5, 5.41) is 0. The second kappa shape index (κ2) is 3.61. The third-order valence-corrected chi connectivity index (χ3v) is 4.57. The van der Waals surface area contributed by atoms with Crippen LogP contribution in [0.3, 0.4) is 0 Å². The zero-order chi connectivity index (χ0) is 13.1. The van der Waals surface area contributed by atoms with Crippen molar-refractivity contribution in [1.82, 2.24) is 0 Å². The molecule has 3 aromatic carbocycles. The van der Waals surface area contributed by atoms with Crippen molar-refractivity contribution in [3.8, 4) is 22.3 Å². The average Bonchev–Trinajstić information content (AvgIpc) is 3.02. The van der Waals surface area contributed by atoms with Crippen molar-refractivity contribution < 1.29 is 0 Å². The third kappa shape index (κ3) is 1.26. The van der Waals surface area contributed by atoms with Gasteiger partial charge in [0.25, 0.3) is 0 Å². The van der Waals surface area contributed by atoms with E-state index < -0.39 is 0 Å². The molecule has 3 aromatic rings. The quantitative estimate of drug-likeness (QED) is 0.382. The highest BCUT2D eigenvalue weighted by molar-refractivity contribution is 5.85. The molecule has 0 atom stereocenters. The summed E-state index contributed by atoms with van der Waals surface area (Å²) in [4.78, 5) is 0. The fraction of sp³-hybridized carbons (Fsp3) is 0.100. The molecule has 0 spiro atoms. The van der Waals surface area contributed by atoms with Crippen LogP contribution in [-0.4, -0.2) is 0 Å². The lowest BCUT2D eigenvalue weighted by Crippen LogP contribution is -1.85. The molecule has 0 aromatic heterocycles. The molecule has 0 amide bonds. The summed E-state index contributed by atoms with van der Waals surface area (Å²) in [7, 11) is 0. The Labute approximate surface area is 118 Å². The van der Waals surface area contributed by atoms with Crippen molar-refractivity contribution in [2.24, 2.45) is 0 Å². The van der Waals surface area contributed by atoms with Gasteiger partial charge < -0.3 is 0 Å². The standard InChI is InChI=1S/C20H12/c1-3-7-17-13(5-1)9-15-11-20-16(12-19(15)17)10-14-6-2-4-8-18(14)20/h3-8,11-12H,9-10H2. The van der Waals surface area contributed by atoms with Crippen LogP contribution >= 0.6 is 0 Å². The SMILES string of the molecule is [c]1ccc2c(c1)Cc1cc3c(cc1-2)Cc1c[c]ccc1-3. The Hall–Kier alpha value is -2.34. The third-order valence-electron chi connectivity index (χ3n) is 4.57. The predicted molar refractivity (Wildman–Crippen MR) is 80.6 cm³/mol. The van der Waals surface area contributed by atoms with Crippen LogP contribution in [0, 0.1) is 12.1 Å². The second-order valence-electron chi connectivity index (χ2n) is 5.69. The molecular formula is C20H12. The highest BCUT2D eigenvalue weighted by atomic mass is 14.3. The summed E-state index contributed by atoms with van der Waals surface area (Å²) in [6.45, 7) is 0. The first-order valence-electron chi connectivity index (χ1n) is 7.04. The molecule has 0 fully saturated rings. The Morgan fingerprint density at radius 1 is 0.600 bits per heavy atom. The molecule has 0 heteroatoms. The summed E-state index contributed by atoms with van der Waals surface area (Å²) < 4.78 is 0. The zero-order valence-electron chi connectivity index (χ0n) is 11.0. The molecule has 0 saturated heterocycles. The molecular weight excluding hydrogens is 240 g/mol. The molecule has 0 heterocycles. The Morgan fingerprint density at radius 2 is 1.10 bits per heavy atom. The first kappa shape index (κ1) is 10.4. The summed E-state index contributed by atoms with van der Waals surface area (Å²) >= 11 is 0. The van der Waals surface area contributed by atoms with Crippen LogP contribution in [0.4, 0.5) is 0 Å². The minimum Gasteiger partial charge on any atom is -0.0537 e.